The summed E-state index contributed by atoms with van der Waals surface area (Å²) in [6, 6.07) is 0. The minimum atomic E-state index is -3.47. The first-order valence-electron chi connectivity index (χ1n) is 4.25. The Bertz CT molecular complexity index is 399. The number of alkyl halides is 1. The Morgan fingerprint density at radius 3 is 2.00 bits per heavy atom. The molecule has 5 nitrogen and oxygen atoms in total. The van der Waals surface area contributed by atoms with Crippen LogP contribution in [0.25, 0.3) is 0 Å². The average molecular weight is 278 g/mol. The smallest absolute Gasteiger partial charge is 0.212 e. The summed E-state index contributed by atoms with van der Waals surface area (Å²) in [5.41, 5.74) is 0. The molecule has 0 aliphatic carbocycles. The van der Waals surface area contributed by atoms with E-state index in [1.807, 2.05) is 0 Å². The van der Waals surface area contributed by atoms with Crippen LogP contribution in [0.5, 0.6) is 0 Å². The van der Waals surface area contributed by atoms with Gasteiger partial charge in [0.25, 0.3) is 0 Å². The summed E-state index contributed by atoms with van der Waals surface area (Å²) in [6.45, 7) is 2.78. The van der Waals surface area contributed by atoms with Gasteiger partial charge < -0.3 is 0 Å². The minimum Gasteiger partial charge on any atom is -0.229 e. The Balaban J connectivity index is 4.54. The molecule has 15 heavy (non-hydrogen) atoms. The van der Waals surface area contributed by atoms with Crippen molar-refractivity contribution >= 4 is 31.5 Å². The van der Waals surface area contributed by atoms with Gasteiger partial charge in [-0.25, -0.2) is 21.6 Å². The molecule has 92 valence electrons. The molecule has 0 aromatic rings. The summed E-state index contributed by atoms with van der Waals surface area (Å²) in [5, 5.41) is 0. The molecule has 0 aliphatic heterocycles. The van der Waals surface area contributed by atoms with Crippen molar-refractivity contribution in [1.82, 2.24) is 4.72 Å². The lowest BCUT2D eigenvalue weighted by Crippen LogP contribution is -2.44. The molecule has 0 aromatic heterocycles. The van der Waals surface area contributed by atoms with Crippen molar-refractivity contribution in [3.8, 4) is 0 Å². The van der Waals surface area contributed by atoms with E-state index in [1.54, 1.807) is 0 Å². The number of nitrogens with one attached hydrogen (secondary N) is 1. The zero-order valence-corrected chi connectivity index (χ0v) is 11.3. The molecule has 0 saturated heterocycles. The van der Waals surface area contributed by atoms with Crippen molar-refractivity contribution in [2.24, 2.45) is 0 Å². The van der Waals surface area contributed by atoms with Gasteiger partial charge in [0.2, 0.25) is 10.0 Å². The molecule has 0 rings (SSSR count). The Labute approximate surface area is 96.2 Å². The maximum Gasteiger partial charge on any atom is 0.212 e. The van der Waals surface area contributed by atoms with E-state index in [2.05, 4.69) is 4.72 Å². The highest BCUT2D eigenvalue weighted by atomic mass is 35.5. The van der Waals surface area contributed by atoms with E-state index in [1.165, 1.54) is 13.8 Å². The number of sulfonamides is 1. The molecule has 0 amide bonds. The summed E-state index contributed by atoms with van der Waals surface area (Å²) in [6.07, 6.45) is 1.07. The number of sulfone groups is 1. The second-order valence-electron chi connectivity index (χ2n) is 3.86. The van der Waals surface area contributed by atoms with Crippen molar-refractivity contribution in [3.63, 3.8) is 0 Å². The molecule has 0 bridgehead atoms. The highest BCUT2D eigenvalue weighted by Gasteiger charge is 2.31. The van der Waals surface area contributed by atoms with Crippen LogP contribution in [-0.4, -0.2) is 46.0 Å². The third kappa shape index (κ3) is 5.14. The summed E-state index contributed by atoms with van der Waals surface area (Å²) in [5.74, 6) is -0.233. The Morgan fingerprint density at radius 1 is 1.20 bits per heavy atom. The lowest BCUT2D eigenvalue weighted by molar-refractivity contribution is 0.537. The molecular weight excluding hydrogens is 262 g/mol. The summed E-state index contributed by atoms with van der Waals surface area (Å²) in [7, 11) is -6.77. The van der Waals surface area contributed by atoms with Crippen molar-refractivity contribution in [1.29, 1.82) is 0 Å². The Kier molecular flexibility index (Phi) is 5.04. The van der Waals surface area contributed by atoms with Crippen molar-refractivity contribution in [2.75, 3.05) is 24.4 Å². The van der Waals surface area contributed by atoms with Gasteiger partial charge in [-0.2, -0.15) is 0 Å². The molecule has 0 fully saturated rings. The first kappa shape index (κ1) is 15.2. The van der Waals surface area contributed by atoms with E-state index in [0.29, 0.717) is 0 Å². The predicted octanol–water partition coefficient (Wildman–Crippen LogP) is -0.0322. The third-order valence-corrected chi connectivity index (χ3v) is 5.96. The summed E-state index contributed by atoms with van der Waals surface area (Å²) in [4.78, 5) is 0. The van der Waals surface area contributed by atoms with Gasteiger partial charge in [0.1, 0.15) is 0 Å². The van der Waals surface area contributed by atoms with Crippen molar-refractivity contribution < 1.29 is 16.8 Å². The fourth-order valence-electron chi connectivity index (χ4n) is 0.589. The van der Waals surface area contributed by atoms with E-state index in [0.717, 1.165) is 6.26 Å². The van der Waals surface area contributed by atoms with Gasteiger partial charge in [-0.15, -0.1) is 11.6 Å². The maximum absolute atomic E-state index is 11.3. The predicted molar refractivity (Wildman–Crippen MR) is 61.4 cm³/mol. The normalized spacial score (nSPS) is 14.1. The van der Waals surface area contributed by atoms with Gasteiger partial charge in [0.15, 0.2) is 9.84 Å². The monoisotopic (exact) mass is 277 g/mol. The standard InChI is InChI=1S/C7H16ClNO4S2/c1-7(2,14(3,10)11)6-9-15(12,13)5-4-8/h9H,4-6H2,1-3H3. The van der Waals surface area contributed by atoms with Crippen LogP contribution >= 0.6 is 11.6 Å². The molecule has 0 radical (unpaired) electrons. The summed E-state index contributed by atoms with van der Waals surface area (Å²) >= 11 is 5.29. The van der Waals surface area contributed by atoms with Crippen LogP contribution in [0.1, 0.15) is 13.8 Å². The minimum absolute atomic E-state index is 0.0192. The number of hydrogen-bond donors (Lipinski definition) is 1. The van der Waals surface area contributed by atoms with Crippen LogP contribution in [0.3, 0.4) is 0 Å². The van der Waals surface area contributed by atoms with Gasteiger partial charge >= 0.3 is 0 Å². The maximum atomic E-state index is 11.3. The van der Waals surface area contributed by atoms with Crippen molar-refractivity contribution in [2.45, 2.75) is 18.6 Å². The summed E-state index contributed by atoms with van der Waals surface area (Å²) < 4.78 is 46.1. The number of hydrogen-bond acceptors (Lipinski definition) is 4. The van der Waals surface area contributed by atoms with Gasteiger partial charge in [-0.1, -0.05) is 0 Å². The lowest BCUT2D eigenvalue weighted by atomic mass is 10.2. The molecule has 1 N–H and O–H groups in total. The second kappa shape index (κ2) is 4.99. The van der Waals surface area contributed by atoms with Crippen LogP contribution in [0, 0.1) is 0 Å². The second-order valence-corrected chi connectivity index (χ2v) is 8.81. The molecule has 8 heteroatoms. The van der Waals surface area contributed by atoms with Crippen LogP contribution < -0.4 is 4.72 Å². The average Bonchev–Trinajstić information content (AvgIpc) is 1.99. The SMILES string of the molecule is CC(C)(CNS(=O)(=O)CCCl)S(C)(=O)=O. The van der Waals surface area contributed by atoms with Gasteiger partial charge in [0.05, 0.1) is 10.5 Å². The van der Waals surface area contributed by atoms with Gasteiger partial charge in [-0.3, -0.25) is 0 Å². The zero-order chi connectivity index (χ0) is 12.3. The van der Waals surface area contributed by atoms with Gasteiger partial charge in [-0.05, 0) is 13.8 Å². The number of rotatable bonds is 6. The fraction of sp³-hybridized carbons (Fsp3) is 1.00. The Morgan fingerprint density at radius 2 is 1.67 bits per heavy atom. The molecule has 0 atom stereocenters. The Hall–Kier alpha value is 0.150. The largest absolute Gasteiger partial charge is 0.229 e. The molecule has 0 unspecified atom stereocenters. The molecule has 0 aromatic carbocycles. The van der Waals surface area contributed by atoms with E-state index in [9.17, 15) is 16.8 Å². The van der Waals surface area contributed by atoms with Gasteiger partial charge in [0, 0.05) is 18.7 Å². The highest BCUT2D eigenvalue weighted by Crippen LogP contribution is 2.13. The topological polar surface area (TPSA) is 80.3 Å². The fourth-order valence-corrected chi connectivity index (χ4v) is 2.55. The molecule has 0 spiro atoms. The van der Waals surface area contributed by atoms with Crippen LogP contribution in [0.4, 0.5) is 0 Å². The van der Waals surface area contributed by atoms with E-state index in [4.69, 9.17) is 11.6 Å². The zero-order valence-electron chi connectivity index (χ0n) is 8.95. The first-order chi connectivity index (χ1) is 6.52. The molecular formula is C7H16ClNO4S2. The molecule has 0 aliphatic rings. The molecule has 0 heterocycles. The van der Waals surface area contributed by atoms with E-state index >= 15 is 0 Å². The highest BCUT2D eigenvalue weighted by molar-refractivity contribution is 7.92. The van der Waals surface area contributed by atoms with E-state index < -0.39 is 24.6 Å². The quantitative estimate of drug-likeness (QED) is 0.691. The van der Waals surface area contributed by atoms with E-state index in [-0.39, 0.29) is 18.2 Å². The van der Waals surface area contributed by atoms with Crippen LogP contribution in [-0.2, 0) is 19.9 Å². The first-order valence-corrected chi connectivity index (χ1v) is 8.32. The third-order valence-electron chi connectivity index (χ3n) is 2.07. The van der Waals surface area contributed by atoms with Crippen molar-refractivity contribution in [3.05, 3.63) is 0 Å². The lowest BCUT2D eigenvalue weighted by Gasteiger charge is -2.22. The number of halogens is 1. The van der Waals surface area contributed by atoms with Crippen LogP contribution in [0.15, 0.2) is 0 Å². The molecule has 0 saturated carbocycles. The van der Waals surface area contributed by atoms with Crippen LogP contribution in [0.2, 0.25) is 0 Å².